The number of hydrogen-bond acceptors (Lipinski definition) is 4. The van der Waals surface area contributed by atoms with E-state index >= 15 is 0 Å². The van der Waals surface area contributed by atoms with Crippen molar-refractivity contribution in [3.8, 4) is 5.75 Å². The van der Waals surface area contributed by atoms with Gasteiger partial charge in [-0.05, 0) is 73.9 Å². The molecule has 0 aromatic heterocycles. The summed E-state index contributed by atoms with van der Waals surface area (Å²) in [7, 11) is 0. The van der Waals surface area contributed by atoms with E-state index in [2.05, 4.69) is 0 Å². The van der Waals surface area contributed by atoms with E-state index in [-0.39, 0.29) is 11.8 Å². The van der Waals surface area contributed by atoms with Crippen LogP contribution in [0.5, 0.6) is 5.75 Å². The first-order valence-corrected chi connectivity index (χ1v) is 11.4. The van der Waals surface area contributed by atoms with E-state index in [0.29, 0.717) is 50.5 Å². The summed E-state index contributed by atoms with van der Waals surface area (Å²) in [5.41, 5.74) is 2.31. The third-order valence-corrected chi connectivity index (χ3v) is 6.60. The fourth-order valence-corrected chi connectivity index (χ4v) is 4.84. The molecule has 2 aliphatic rings. The van der Waals surface area contributed by atoms with Gasteiger partial charge in [-0.25, -0.2) is 8.78 Å². The Kier molecular flexibility index (Phi) is 7.06. The lowest BCUT2D eigenvalue weighted by atomic mass is 9.95. The van der Waals surface area contributed by atoms with Gasteiger partial charge in [-0.2, -0.15) is 0 Å². The molecule has 5 nitrogen and oxygen atoms in total. The van der Waals surface area contributed by atoms with Crippen molar-refractivity contribution in [2.24, 2.45) is 0 Å². The van der Waals surface area contributed by atoms with Crippen LogP contribution in [-0.2, 0) is 6.42 Å². The van der Waals surface area contributed by atoms with Crippen molar-refractivity contribution in [2.75, 3.05) is 32.8 Å². The Hall–Kier alpha value is -2.51. The average molecular weight is 445 g/mol. The largest absolute Gasteiger partial charge is 0.493 e. The standard InChI is InChI=1S/C25H30F2N2O3/c1-2-32-23-6-4-3-5-19(23)25(31)29-13-11-28(12-14-29)24(30)10-9-17-7-8-18-15-21(26)22(27)16-20(17)18/h3-6,15-17,24,30H,2,7-14H2,1H3. The van der Waals surface area contributed by atoms with Gasteiger partial charge < -0.3 is 14.7 Å². The number of carbonyl (C=O) groups is 1. The first-order chi connectivity index (χ1) is 15.5. The van der Waals surface area contributed by atoms with Crippen LogP contribution < -0.4 is 4.74 Å². The van der Waals surface area contributed by atoms with Crippen LogP contribution in [0, 0.1) is 11.6 Å². The van der Waals surface area contributed by atoms with Gasteiger partial charge >= 0.3 is 0 Å². The molecule has 4 rings (SSSR count). The van der Waals surface area contributed by atoms with Crippen molar-refractivity contribution >= 4 is 5.91 Å². The maximum Gasteiger partial charge on any atom is 0.257 e. The fourth-order valence-electron chi connectivity index (χ4n) is 4.84. The molecular weight excluding hydrogens is 414 g/mol. The van der Waals surface area contributed by atoms with Crippen LogP contribution in [0.4, 0.5) is 8.78 Å². The van der Waals surface area contributed by atoms with Crippen LogP contribution in [-0.4, -0.2) is 59.8 Å². The molecule has 7 heteroatoms. The van der Waals surface area contributed by atoms with Crippen molar-refractivity contribution in [1.29, 1.82) is 0 Å². The van der Waals surface area contributed by atoms with Gasteiger partial charge in [0.25, 0.3) is 5.91 Å². The summed E-state index contributed by atoms with van der Waals surface area (Å²) < 4.78 is 32.7. The number of rotatable bonds is 7. The molecule has 1 aliphatic heterocycles. The highest BCUT2D eigenvalue weighted by Gasteiger charge is 2.29. The quantitative estimate of drug-likeness (QED) is 0.703. The summed E-state index contributed by atoms with van der Waals surface area (Å²) in [6, 6.07) is 9.89. The molecule has 1 amide bonds. The van der Waals surface area contributed by atoms with Gasteiger partial charge in [0.1, 0.15) is 12.0 Å². The predicted octanol–water partition coefficient (Wildman–Crippen LogP) is 3.95. The Bertz CT molecular complexity index is 960. The number of amides is 1. The second-order valence-electron chi connectivity index (χ2n) is 8.52. The number of nitrogens with zero attached hydrogens (tertiary/aromatic N) is 2. The molecule has 2 unspecified atom stereocenters. The number of piperazine rings is 1. The maximum absolute atomic E-state index is 13.7. The van der Waals surface area contributed by atoms with Crippen LogP contribution in [0.3, 0.4) is 0 Å². The van der Waals surface area contributed by atoms with Crippen LogP contribution in [0.2, 0.25) is 0 Å². The molecule has 1 saturated heterocycles. The number of aliphatic hydroxyl groups excluding tert-OH is 1. The zero-order chi connectivity index (χ0) is 22.7. The molecule has 1 fully saturated rings. The van der Waals surface area contributed by atoms with E-state index in [1.807, 2.05) is 24.0 Å². The van der Waals surface area contributed by atoms with Crippen LogP contribution in [0.25, 0.3) is 0 Å². The molecule has 2 aromatic carbocycles. The number of aliphatic hydroxyl groups is 1. The average Bonchev–Trinajstić information content (AvgIpc) is 3.19. The predicted molar refractivity (Wildman–Crippen MR) is 118 cm³/mol. The van der Waals surface area contributed by atoms with E-state index in [0.717, 1.165) is 30.4 Å². The van der Waals surface area contributed by atoms with Gasteiger partial charge in [-0.3, -0.25) is 9.69 Å². The van der Waals surface area contributed by atoms with Gasteiger partial charge in [-0.1, -0.05) is 12.1 Å². The number of ether oxygens (including phenoxy) is 1. The Balaban J connectivity index is 1.29. The number of aryl methyl sites for hydroxylation is 1. The van der Waals surface area contributed by atoms with Gasteiger partial charge in [-0.15, -0.1) is 0 Å². The van der Waals surface area contributed by atoms with Crippen molar-refractivity contribution < 1.29 is 23.4 Å². The molecule has 0 bridgehead atoms. The second kappa shape index (κ2) is 9.96. The molecular formula is C25H30F2N2O3. The van der Waals surface area contributed by atoms with Crippen LogP contribution >= 0.6 is 0 Å². The lowest BCUT2D eigenvalue weighted by Gasteiger charge is -2.37. The van der Waals surface area contributed by atoms with E-state index in [1.165, 1.54) is 12.1 Å². The van der Waals surface area contributed by atoms with Gasteiger partial charge in [0.2, 0.25) is 0 Å². The zero-order valence-electron chi connectivity index (χ0n) is 18.4. The molecule has 1 aliphatic carbocycles. The Morgan fingerprint density at radius 3 is 2.62 bits per heavy atom. The highest BCUT2D eigenvalue weighted by Crippen LogP contribution is 2.37. The molecule has 32 heavy (non-hydrogen) atoms. The molecule has 2 aromatic rings. The zero-order valence-corrected chi connectivity index (χ0v) is 18.4. The molecule has 1 N–H and O–H groups in total. The SMILES string of the molecule is CCOc1ccccc1C(=O)N1CCN(C(O)CCC2CCc3cc(F)c(F)cc32)CC1. The summed E-state index contributed by atoms with van der Waals surface area (Å²) >= 11 is 0. The van der Waals surface area contributed by atoms with Gasteiger partial charge in [0.15, 0.2) is 11.6 Å². The van der Waals surface area contributed by atoms with Crippen LogP contribution in [0.15, 0.2) is 36.4 Å². The normalized spacial score (nSPS) is 19.6. The molecule has 0 spiro atoms. The summed E-state index contributed by atoms with van der Waals surface area (Å²) in [4.78, 5) is 16.7. The van der Waals surface area contributed by atoms with E-state index in [9.17, 15) is 18.7 Å². The minimum absolute atomic E-state index is 0.0555. The molecule has 172 valence electrons. The van der Waals surface area contributed by atoms with Crippen molar-refractivity contribution in [1.82, 2.24) is 9.80 Å². The Labute approximate surface area is 187 Å². The van der Waals surface area contributed by atoms with E-state index in [4.69, 9.17) is 4.74 Å². The van der Waals surface area contributed by atoms with Crippen molar-refractivity contribution in [3.63, 3.8) is 0 Å². The first kappa shape index (κ1) is 22.7. The molecule has 0 radical (unpaired) electrons. The monoisotopic (exact) mass is 444 g/mol. The Morgan fingerprint density at radius 1 is 1.16 bits per heavy atom. The van der Waals surface area contributed by atoms with Crippen LogP contribution in [0.1, 0.15) is 53.6 Å². The molecule has 0 saturated carbocycles. The highest BCUT2D eigenvalue weighted by molar-refractivity contribution is 5.97. The number of carbonyl (C=O) groups excluding carboxylic acids is 1. The molecule has 2 atom stereocenters. The number of halogens is 2. The van der Waals surface area contributed by atoms with Gasteiger partial charge in [0.05, 0.1) is 12.2 Å². The van der Waals surface area contributed by atoms with Gasteiger partial charge in [0, 0.05) is 26.2 Å². The lowest BCUT2D eigenvalue weighted by Crippen LogP contribution is -2.52. The second-order valence-corrected chi connectivity index (χ2v) is 8.52. The first-order valence-electron chi connectivity index (χ1n) is 11.4. The third-order valence-electron chi connectivity index (χ3n) is 6.60. The molecule has 1 heterocycles. The summed E-state index contributed by atoms with van der Waals surface area (Å²) in [6.45, 7) is 4.63. The number of fused-ring (bicyclic) bond motifs is 1. The number of para-hydroxylation sites is 1. The maximum atomic E-state index is 13.7. The van der Waals surface area contributed by atoms with E-state index in [1.54, 1.807) is 17.0 Å². The summed E-state index contributed by atoms with van der Waals surface area (Å²) in [6.07, 6.45) is 2.27. The van der Waals surface area contributed by atoms with Crippen molar-refractivity contribution in [2.45, 2.75) is 44.8 Å². The third kappa shape index (κ3) is 4.79. The number of benzene rings is 2. The minimum Gasteiger partial charge on any atom is -0.493 e. The fraction of sp³-hybridized carbons (Fsp3) is 0.480. The topological polar surface area (TPSA) is 53.0 Å². The highest BCUT2D eigenvalue weighted by atomic mass is 19.2. The smallest absolute Gasteiger partial charge is 0.257 e. The van der Waals surface area contributed by atoms with Crippen molar-refractivity contribution in [3.05, 3.63) is 64.7 Å². The Morgan fingerprint density at radius 2 is 1.88 bits per heavy atom. The summed E-state index contributed by atoms with van der Waals surface area (Å²) in [5.74, 6) is -0.910. The minimum atomic E-state index is -0.803. The number of hydrogen-bond donors (Lipinski definition) is 1. The summed E-state index contributed by atoms with van der Waals surface area (Å²) in [5, 5.41) is 10.7. The van der Waals surface area contributed by atoms with E-state index < -0.39 is 17.9 Å². The lowest BCUT2D eigenvalue weighted by molar-refractivity contribution is -0.0285.